The number of amides is 2. The third-order valence-electron chi connectivity index (χ3n) is 9.01. The van der Waals surface area contributed by atoms with Crippen molar-refractivity contribution in [1.82, 2.24) is 19.8 Å². The molecule has 4 fully saturated rings. The van der Waals surface area contributed by atoms with Crippen molar-refractivity contribution in [2.45, 2.75) is 52.3 Å². The van der Waals surface area contributed by atoms with E-state index in [9.17, 15) is 9.59 Å². The molecule has 0 spiro atoms. The van der Waals surface area contributed by atoms with Crippen LogP contribution in [0, 0.1) is 30.1 Å². The Morgan fingerprint density at radius 3 is 2.59 bits per heavy atom. The third kappa shape index (κ3) is 3.48. The number of aromatic nitrogens is 2. The first-order chi connectivity index (χ1) is 17.6. The molecular formula is C28H29ClN4O3S. The molecule has 0 N–H and O–H groups in total. The molecule has 2 saturated heterocycles. The van der Waals surface area contributed by atoms with Crippen LogP contribution < -0.4 is 4.74 Å². The summed E-state index contributed by atoms with van der Waals surface area (Å²) < 4.78 is 7.63. The maximum Gasteiger partial charge on any atom is 0.234 e. The van der Waals surface area contributed by atoms with E-state index in [1.807, 2.05) is 39.0 Å². The van der Waals surface area contributed by atoms with Gasteiger partial charge in [-0.1, -0.05) is 25.4 Å². The number of likely N-dealkylation sites (tertiary alicyclic amines) is 2. The van der Waals surface area contributed by atoms with Crippen LogP contribution in [0.25, 0.3) is 21.5 Å². The molecule has 9 heteroatoms. The number of carbonyl (C=O) groups is 2. The molecule has 1 aromatic carbocycles. The second-order valence-electron chi connectivity index (χ2n) is 11.8. The molecule has 192 valence electrons. The van der Waals surface area contributed by atoms with Gasteiger partial charge in [-0.25, -0.2) is 9.97 Å². The molecular weight excluding hydrogens is 508 g/mol. The average Bonchev–Trinajstić information content (AvgIpc) is 3.33. The molecule has 5 atom stereocenters. The molecule has 2 unspecified atom stereocenters. The number of likely N-dealkylation sites (N-methyl/N-ethyl adjacent to an activating group) is 1. The smallest absolute Gasteiger partial charge is 0.234 e. The van der Waals surface area contributed by atoms with E-state index in [0.717, 1.165) is 50.6 Å². The molecule has 2 amide bonds. The number of carbonyl (C=O) groups excluding carboxylic acids is 2. The lowest BCUT2D eigenvalue weighted by Gasteiger charge is -2.31. The summed E-state index contributed by atoms with van der Waals surface area (Å²) in [5, 5.41) is 0.628. The van der Waals surface area contributed by atoms with E-state index in [4.69, 9.17) is 16.3 Å². The number of thiophene rings is 1. The minimum atomic E-state index is -0.210. The van der Waals surface area contributed by atoms with Gasteiger partial charge < -0.3 is 4.74 Å². The normalized spacial score (nSPS) is 30.0. The SMILES string of the molecule is Cc1cc(Cl)cc(-c2ncnc3cc(CN4C(=O)C5C(C4=O)C5(C)C)sc23)c1O[C@@H]1C[C@@H]2C[C@H]1N(C)C2. The van der Waals surface area contributed by atoms with Gasteiger partial charge in [0.2, 0.25) is 11.8 Å². The molecule has 0 radical (unpaired) electrons. The van der Waals surface area contributed by atoms with E-state index in [2.05, 4.69) is 21.9 Å². The number of imide groups is 1. The maximum atomic E-state index is 12.9. The Morgan fingerprint density at radius 2 is 1.89 bits per heavy atom. The number of hydrogen-bond donors (Lipinski definition) is 0. The van der Waals surface area contributed by atoms with Gasteiger partial charge in [0, 0.05) is 28.0 Å². The highest BCUT2D eigenvalue weighted by atomic mass is 35.5. The number of halogens is 1. The van der Waals surface area contributed by atoms with Gasteiger partial charge in [-0.3, -0.25) is 19.4 Å². The quantitative estimate of drug-likeness (QED) is 0.430. The first kappa shape index (κ1) is 23.6. The van der Waals surface area contributed by atoms with Crippen molar-refractivity contribution in [2.75, 3.05) is 13.6 Å². The van der Waals surface area contributed by atoms with Crippen LogP contribution in [0.4, 0.5) is 0 Å². The summed E-state index contributed by atoms with van der Waals surface area (Å²) in [5.74, 6) is 1.04. The zero-order valence-corrected chi connectivity index (χ0v) is 22.9. The number of piperidine rings is 2. The number of aryl methyl sites for hydroxylation is 1. The van der Waals surface area contributed by atoms with Crippen molar-refractivity contribution in [3.63, 3.8) is 0 Å². The summed E-state index contributed by atoms with van der Waals surface area (Å²) in [4.78, 5) is 39.7. The number of benzene rings is 1. The van der Waals surface area contributed by atoms with Crippen molar-refractivity contribution in [1.29, 1.82) is 0 Å². The van der Waals surface area contributed by atoms with Gasteiger partial charge >= 0.3 is 0 Å². The Morgan fingerprint density at radius 1 is 1.14 bits per heavy atom. The van der Waals surface area contributed by atoms with Gasteiger partial charge in [-0.15, -0.1) is 11.3 Å². The third-order valence-corrected chi connectivity index (χ3v) is 10.3. The highest BCUT2D eigenvalue weighted by Crippen LogP contribution is 2.63. The van der Waals surface area contributed by atoms with E-state index in [0.29, 0.717) is 17.0 Å². The standard InChI is InChI=1S/C28H29ClN4O3S/c1-13-5-15(29)8-17(24(13)36-20-7-14-6-19(20)32(4)10-14)23-25-18(30-12-31-23)9-16(37-25)11-33-26(34)21-22(27(33)35)28(21,2)3/h5,8-9,12,14,19-22H,6-7,10-11H2,1-4H3/t14-,19+,20+,21?,22?/m0/s1. The lowest BCUT2D eigenvalue weighted by molar-refractivity contribution is -0.143. The molecule has 2 saturated carbocycles. The topological polar surface area (TPSA) is 75.6 Å². The lowest BCUT2D eigenvalue weighted by Crippen LogP contribution is -2.41. The Labute approximate surface area is 224 Å². The van der Waals surface area contributed by atoms with Gasteiger partial charge in [0.15, 0.2) is 0 Å². The zero-order valence-electron chi connectivity index (χ0n) is 21.3. The fourth-order valence-corrected chi connectivity index (χ4v) is 8.43. The van der Waals surface area contributed by atoms with Gasteiger partial charge in [0.25, 0.3) is 0 Å². The van der Waals surface area contributed by atoms with Crippen molar-refractivity contribution >= 4 is 45.0 Å². The van der Waals surface area contributed by atoms with E-state index in [-0.39, 0.29) is 41.7 Å². The average molecular weight is 537 g/mol. The van der Waals surface area contributed by atoms with Crippen LogP contribution >= 0.6 is 22.9 Å². The summed E-state index contributed by atoms with van der Waals surface area (Å²) in [5.41, 5.74) is 3.18. The summed E-state index contributed by atoms with van der Waals surface area (Å²) in [6.45, 7) is 7.44. The summed E-state index contributed by atoms with van der Waals surface area (Å²) >= 11 is 8.06. The van der Waals surface area contributed by atoms with Gasteiger partial charge in [0.05, 0.1) is 34.3 Å². The highest BCUT2D eigenvalue weighted by molar-refractivity contribution is 7.19. The van der Waals surface area contributed by atoms with Crippen LogP contribution in [-0.2, 0) is 16.1 Å². The molecule has 7 nitrogen and oxygen atoms in total. The van der Waals surface area contributed by atoms with Gasteiger partial charge in [-0.05, 0) is 61.9 Å². The molecule has 3 aromatic rings. The van der Waals surface area contributed by atoms with Gasteiger partial charge in [0.1, 0.15) is 18.2 Å². The van der Waals surface area contributed by atoms with E-state index in [1.165, 1.54) is 22.7 Å². The van der Waals surface area contributed by atoms with Crippen molar-refractivity contribution in [3.05, 3.63) is 40.0 Å². The van der Waals surface area contributed by atoms with Crippen LogP contribution in [0.5, 0.6) is 5.75 Å². The summed E-state index contributed by atoms with van der Waals surface area (Å²) in [6.07, 6.45) is 3.95. The molecule has 2 aliphatic heterocycles. The van der Waals surface area contributed by atoms with Crippen molar-refractivity contribution in [3.8, 4) is 17.0 Å². The fraction of sp³-hybridized carbons (Fsp3) is 0.500. The van der Waals surface area contributed by atoms with Crippen LogP contribution in [0.15, 0.2) is 24.5 Å². The predicted octanol–water partition coefficient (Wildman–Crippen LogP) is 4.93. The lowest BCUT2D eigenvalue weighted by atomic mass is 10.0. The molecule has 7 rings (SSSR count). The number of rotatable bonds is 5. The Balaban J connectivity index is 1.23. The maximum absolute atomic E-state index is 12.9. The van der Waals surface area contributed by atoms with E-state index < -0.39 is 0 Å². The molecule has 37 heavy (non-hydrogen) atoms. The monoisotopic (exact) mass is 536 g/mol. The van der Waals surface area contributed by atoms with Crippen molar-refractivity contribution in [2.24, 2.45) is 23.2 Å². The van der Waals surface area contributed by atoms with E-state index >= 15 is 0 Å². The van der Waals surface area contributed by atoms with Gasteiger partial charge in [-0.2, -0.15) is 0 Å². The predicted molar refractivity (Wildman–Crippen MR) is 142 cm³/mol. The first-order valence-corrected chi connectivity index (χ1v) is 14.1. The molecule has 4 aliphatic rings. The Kier molecular flexibility index (Phi) is 5.08. The largest absolute Gasteiger partial charge is 0.488 e. The minimum absolute atomic E-state index is 0.0549. The molecule has 2 aromatic heterocycles. The van der Waals surface area contributed by atoms with Crippen molar-refractivity contribution < 1.29 is 14.3 Å². The van der Waals surface area contributed by atoms with E-state index in [1.54, 1.807) is 6.33 Å². The summed E-state index contributed by atoms with van der Waals surface area (Å²) in [7, 11) is 2.18. The Hall–Kier alpha value is -2.55. The second-order valence-corrected chi connectivity index (χ2v) is 13.4. The minimum Gasteiger partial charge on any atom is -0.488 e. The fourth-order valence-electron chi connectivity index (χ4n) is 7.06. The van der Waals surface area contributed by atoms with Crippen LogP contribution in [-0.4, -0.2) is 57.3 Å². The molecule has 2 bridgehead atoms. The number of fused-ring (bicyclic) bond motifs is 4. The highest BCUT2D eigenvalue weighted by Gasteiger charge is 2.72. The van der Waals surface area contributed by atoms with Crippen LogP contribution in [0.2, 0.25) is 5.02 Å². The Bertz CT molecular complexity index is 1460. The number of nitrogens with zero attached hydrogens (tertiary/aromatic N) is 4. The van der Waals surface area contributed by atoms with Crippen LogP contribution in [0.3, 0.4) is 0 Å². The molecule has 4 heterocycles. The van der Waals surface area contributed by atoms with Crippen LogP contribution in [0.1, 0.15) is 37.1 Å². The zero-order chi connectivity index (χ0) is 25.8. The number of hydrogen-bond acceptors (Lipinski definition) is 7. The second kappa shape index (κ2) is 7.98. The summed E-state index contributed by atoms with van der Waals surface area (Å²) in [6, 6.07) is 6.25. The molecule has 2 aliphatic carbocycles. The number of ether oxygens (including phenoxy) is 1. The first-order valence-electron chi connectivity index (χ1n) is 12.9.